The zero-order valence-corrected chi connectivity index (χ0v) is 22.1. The number of hydrogen-bond donors (Lipinski definition) is 2. The first kappa shape index (κ1) is 25.7. The predicted octanol–water partition coefficient (Wildman–Crippen LogP) is 6.19. The molecule has 2 rings (SSSR count). The van der Waals surface area contributed by atoms with Crippen molar-refractivity contribution in [3.05, 3.63) is 58.7 Å². The topological polar surface area (TPSA) is 58.9 Å². The van der Waals surface area contributed by atoms with Crippen LogP contribution in [0.15, 0.2) is 36.4 Å². The Morgan fingerprint density at radius 2 is 1.39 bits per heavy atom. The number of aryl methyl sites for hydroxylation is 3. The third kappa shape index (κ3) is 8.45. The van der Waals surface area contributed by atoms with Crippen molar-refractivity contribution in [2.45, 2.75) is 77.5 Å². The van der Waals surface area contributed by atoms with E-state index in [2.05, 4.69) is 51.3 Å². The van der Waals surface area contributed by atoms with Gasteiger partial charge >= 0.3 is 0 Å². The maximum Gasteiger partial charge on any atom is 0.173 e. The van der Waals surface area contributed by atoms with Crippen LogP contribution in [-0.4, -0.2) is 34.0 Å². The van der Waals surface area contributed by atoms with Gasteiger partial charge in [0.05, 0.1) is 13.7 Å². The van der Waals surface area contributed by atoms with Crippen LogP contribution in [0.1, 0.15) is 35.1 Å². The quantitative estimate of drug-likeness (QED) is 0.371. The second-order valence-corrected chi connectivity index (χ2v) is 18.6. The standard InChI is InChI=1S/C25H40O4Si2/c1-20-11-12-22(18-25(20)28-2)10-8-16-31(5,6)29-30(3,4)15-7-9-21-13-14-24(27)23(17-21)19-26/h11-14,17-18,26-27H,7-10,15-16,19H2,1-6H3. The molecule has 0 amide bonds. The van der Waals surface area contributed by atoms with Gasteiger partial charge in [-0.1, -0.05) is 18.2 Å². The van der Waals surface area contributed by atoms with Crippen molar-refractivity contribution in [2.24, 2.45) is 0 Å². The van der Waals surface area contributed by atoms with E-state index in [0.29, 0.717) is 5.56 Å². The van der Waals surface area contributed by atoms with Crippen LogP contribution < -0.4 is 4.74 Å². The Labute approximate surface area is 190 Å². The molecule has 172 valence electrons. The summed E-state index contributed by atoms with van der Waals surface area (Å²) in [5, 5.41) is 19.1. The molecular formula is C25H40O4Si2. The summed E-state index contributed by atoms with van der Waals surface area (Å²) in [6.45, 7) is 11.3. The van der Waals surface area contributed by atoms with Gasteiger partial charge in [-0.05, 0) is 106 Å². The maximum atomic E-state index is 9.72. The van der Waals surface area contributed by atoms with Crippen LogP contribution in [-0.2, 0) is 23.6 Å². The van der Waals surface area contributed by atoms with E-state index in [9.17, 15) is 10.2 Å². The molecule has 0 unspecified atom stereocenters. The second kappa shape index (κ2) is 11.3. The summed E-state index contributed by atoms with van der Waals surface area (Å²) in [6, 6.07) is 14.3. The number of aromatic hydroxyl groups is 1. The van der Waals surface area contributed by atoms with Crippen molar-refractivity contribution in [2.75, 3.05) is 7.11 Å². The van der Waals surface area contributed by atoms with Crippen LogP contribution in [0.3, 0.4) is 0 Å². The van der Waals surface area contributed by atoms with E-state index in [1.807, 2.05) is 12.1 Å². The highest BCUT2D eigenvalue weighted by molar-refractivity contribution is 6.84. The van der Waals surface area contributed by atoms with Crippen LogP contribution in [0.25, 0.3) is 0 Å². The van der Waals surface area contributed by atoms with E-state index >= 15 is 0 Å². The van der Waals surface area contributed by atoms with Gasteiger partial charge < -0.3 is 19.1 Å². The first-order valence-corrected chi connectivity index (χ1v) is 17.5. The molecule has 0 saturated heterocycles. The minimum Gasteiger partial charge on any atom is -0.508 e. The van der Waals surface area contributed by atoms with Crippen molar-refractivity contribution < 1.29 is 19.1 Å². The maximum absolute atomic E-state index is 9.72. The highest BCUT2D eigenvalue weighted by Gasteiger charge is 2.32. The molecule has 0 aliphatic carbocycles. The van der Waals surface area contributed by atoms with Crippen molar-refractivity contribution in [1.82, 2.24) is 0 Å². The summed E-state index contributed by atoms with van der Waals surface area (Å²) in [6.07, 6.45) is 4.23. The number of benzene rings is 2. The van der Waals surface area contributed by atoms with Gasteiger partial charge in [-0.2, -0.15) is 0 Å². The van der Waals surface area contributed by atoms with Crippen LogP contribution >= 0.6 is 0 Å². The first-order chi connectivity index (χ1) is 14.5. The van der Waals surface area contributed by atoms with Crippen molar-refractivity contribution >= 4 is 16.6 Å². The van der Waals surface area contributed by atoms with E-state index in [0.717, 1.165) is 49.1 Å². The first-order valence-electron chi connectivity index (χ1n) is 11.3. The highest BCUT2D eigenvalue weighted by atomic mass is 28.4. The number of hydrogen-bond acceptors (Lipinski definition) is 4. The molecule has 0 fully saturated rings. The molecule has 0 bridgehead atoms. The molecule has 2 N–H and O–H groups in total. The fourth-order valence-electron chi connectivity index (χ4n) is 4.23. The molecule has 2 aromatic carbocycles. The SMILES string of the molecule is COc1cc(CCC[Si](C)(C)O[Si](C)(C)CCCc2ccc(O)c(CO)c2)ccc1C. The van der Waals surface area contributed by atoms with Gasteiger partial charge in [0, 0.05) is 5.56 Å². The summed E-state index contributed by atoms with van der Waals surface area (Å²) in [7, 11) is -1.71. The molecule has 0 heterocycles. The Bertz CT molecular complexity index is 780. The minimum atomic E-state index is -1.73. The third-order valence-corrected chi connectivity index (χ3v) is 13.4. The molecule has 0 saturated carbocycles. The van der Waals surface area contributed by atoms with E-state index in [-0.39, 0.29) is 12.4 Å². The molecule has 0 aromatic heterocycles. The number of aliphatic hydroxyl groups excluding tert-OH is 1. The molecule has 31 heavy (non-hydrogen) atoms. The van der Waals surface area contributed by atoms with Gasteiger partial charge in [0.25, 0.3) is 0 Å². The summed E-state index contributed by atoms with van der Waals surface area (Å²) >= 11 is 0. The number of ether oxygens (including phenoxy) is 1. The lowest BCUT2D eigenvalue weighted by molar-refractivity contribution is 0.275. The molecule has 4 nitrogen and oxygen atoms in total. The largest absolute Gasteiger partial charge is 0.508 e. The van der Waals surface area contributed by atoms with Gasteiger partial charge in [-0.15, -0.1) is 0 Å². The molecule has 0 radical (unpaired) electrons. The Morgan fingerprint density at radius 3 is 1.94 bits per heavy atom. The van der Waals surface area contributed by atoms with Crippen molar-refractivity contribution in [1.29, 1.82) is 0 Å². The van der Waals surface area contributed by atoms with E-state index in [1.54, 1.807) is 13.2 Å². The van der Waals surface area contributed by atoms with E-state index in [4.69, 9.17) is 8.85 Å². The summed E-state index contributed by atoms with van der Waals surface area (Å²) in [5.74, 6) is 1.14. The number of aliphatic hydroxyl groups is 1. The van der Waals surface area contributed by atoms with Crippen LogP contribution in [0, 0.1) is 6.92 Å². The van der Waals surface area contributed by atoms with Crippen LogP contribution in [0.5, 0.6) is 11.5 Å². The van der Waals surface area contributed by atoms with Gasteiger partial charge in [-0.25, -0.2) is 0 Å². The normalized spacial score (nSPS) is 12.2. The Balaban J connectivity index is 1.81. The van der Waals surface area contributed by atoms with Gasteiger partial charge in [0.2, 0.25) is 0 Å². The predicted molar refractivity (Wildman–Crippen MR) is 134 cm³/mol. The number of phenols is 1. The Morgan fingerprint density at radius 1 is 0.839 bits per heavy atom. The second-order valence-electron chi connectivity index (χ2n) is 9.75. The molecule has 0 atom stereocenters. The Kier molecular flexibility index (Phi) is 9.36. The van der Waals surface area contributed by atoms with E-state index in [1.165, 1.54) is 11.1 Å². The molecule has 6 heteroatoms. The van der Waals surface area contributed by atoms with E-state index < -0.39 is 16.6 Å². The molecule has 0 aliphatic rings. The number of rotatable bonds is 12. The molecule has 0 aliphatic heterocycles. The third-order valence-electron chi connectivity index (χ3n) is 5.83. The van der Waals surface area contributed by atoms with Gasteiger partial charge in [-0.3, -0.25) is 0 Å². The minimum absolute atomic E-state index is 0.127. The van der Waals surface area contributed by atoms with Crippen molar-refractivity contribution in [3.8, 4) is 11.5 Å². The average Bonchev–Trinajstić information content (AvgIpc) is 2.69. The zero-order chi connectivity index (χ0) is 23.1. The molecule has 0 spiro atoms. The lowest BCUT2D eigenvalue weighted by Gasteiger charge is -2.34. The van der Waals surface area contributed by atoms with Gasteiger partial charge in [0.1, 0.15) is 11.5 Å². The van der Waals surface area contributed by atoms with Crippen molar-refractivity contribution in [3.63, 3.8) is 0 Å². The monoisotopic (exact) mass is 460 g/mol. The van der Waals surface area contributed by atoms with Crippen LogP contribution in [0.4, 0.5) is 0 Å². The highest BCUT2D eigenvalue weighted by Crippen LogP contribution is 2.27. The molecular weight excluding hydrogens is 420 g/mol. The lowest BCUT2D eigenvalue weighted by Crippen LogP contribution is -2.44. The molecule has 2 aromatic rings. The van der Waals surface area contributed by atoms with Gasteiger partial charge in [0.15, 0.2) is 16.6 Å². The number of methoxy groups -OCH3 is 1. The van der Waals surface area contributed by atoms with Crippen LogP contribution in [0.2, 0.25) is 38.3 Å². The summed E-state index contributed by atoms with van der Waals surface area (Å²) in [5.41, 5.74) is 4.28. The average molecular weight is 461 g/mol. The summed E-state index contributed by atoms with van der Waals surface area (Å²) in [4.78, 5) is 0. The lowest BCUT2D eigenvalue weighted by atomic mass is 10.1. The summed E-state index contributed by atoms with van der Waals surface area (Å²) < 4.78 is 12.3. The fraction of sp³-hybridized carbons (Fsp3) is 0.520. The zero-order valence-electron chi connectivity index (χ0n) is 20.1. The smallest absolute Gasteiger partial charge is 0.173 e. The Hall–Kier alpha value is -1.61. The fourth-order valence-corrected chi connectivity index (χ4v) is 13.1.